The highest BCUT2D eigenvalue weighted by molar-refractivity contribution is 6.31. The Kier molecular flexibility index (Phi) is 3.63. The number of nitrogens with two attached hydrogens (primary N) is 1. The van der Waals surface area contributed by atoms with Crippen LogP contribution in [0.5, 0.6) is 0 Å². The van der Waals surface area contributed by atoms with Gasteiger partial charge in [0.15, 0.2) is 11.8 Å². The molecule has 9 heteroatoms. The smallest absolute Gasteiger partial charge is 0.198 e. The summed E-state index contributed by atoms with van der Waals surface area (Å²) in [5, 5.41) is 18.5. The average Bonchev–Trinajstić information content (AvgIpc) is 2.87. The number of aromatic nitrogens is 2. The highest BCUT2D eigenvalue weighted by Crippen LogP contribution is 2.25. The Balaban J connectivity index is 2.07. The molecule has 3 rings (SSSR count). The first kappa shape index (κ1) is 15.2. The molecule has 0 bridgehead atoms. The molecule has 5 N–H and O–H groups in total. The molecule has 0 aliphatic carbocycles. The molecule has 3 aromatic rings. The topological polar surface area (TPSA) is 102 Å². The fourth-order valence-corrected chi connectivity index (χ4v) is 2.32. The van der Waals surface area contributed by atoms with E-state index < -0.39 is 17.5 Å². The standard InChI is InChI=1S/C14H10ClF2N5O/c15-9-5-7(1-2-10(9)17)22(23)13(18)8-3-6(16)4-11-12(8)21-14(19)20-11/h1-5,18,23H,(H3,19,20,21). The van der Waals surface area contributed by atoms with Gasteiger partial charge in [-0.15, -0.1) is 0 Å². The number of amidine groups is 1. The van der Waals surface area contributed by atoms with Crippen LogP contribution in [0.15, 0.2) is 30.3 Å². The van der Waals surface area contributed by atoms with Gasteiger partial charge in [0.2, 0.25) is 0 Å². The van der Waals surface area contributed by atoms with E-state index in [0.717, 1.165) is 24.3 Å². The van der Waals surface area contributed by atoms with Crippen molar-refractivity contribution in [3.05, 3.63) is 52.6 Å². The number of hydrogen-bond acceptors (Lipinski definition) is 4. The minimum Gasteiger partial charge on any atom is -0.369 e. The van der Waals surface area contributed by atoms with E-state index >= 15 is 0 Å². The number of hydrogen-bond donors (Lipinski definition) is 4. The second-order valence-corrected chi connectivity index (χ2v) is 5.14. The lowest BCUT2D eigenvalue weighted by atomic mass is 10.1. The molecule has 0 unspecified atom stereocenters. The van der Waals surface area contributed by atoms with Gasteiger partial charge in [0.25, 0.3) is 0 Å². The van der Waals surface area contributed by atoms with Crippen molar-refractivity contribution < 1.29 is 14.0 Å². The zero-order valence-corrected chi connectivity index (χ0v) is 12.2. The van der Waals surface area contributed by atoms with Crippen LogP contribution < -0.4 is 10.8 Å². The maximum absolute atomic E-state index is 13.7. The van der Waals surface area contributed by atoms with Crippen molar-refractivity contribution in [2.24, 2.45) is 0 Å². The molecule has 1 aromatic heterocycles. The van der Waals surface area contributed by atoms with Crippen molar-refractivity contribution in [1.82, 2.24) is 9.97 Å². The highest BCUT2D eigenvalue weighted by atomic mass is 35.5. The van der Waals surface area contributed by atoms with Gasteiger partial charge >= 0.3 is 0 Å². The molecule has 0 fully saturated rings. The van der Waals surface area contributed by atoms with Crippen molar-refractivity contribution in [2.45, 2.75) is 0 Å². The summed E-state index contributed by atoms with van der Waals surface area (Å²) >= 11 is 5.66. The monoisotopic (exact) mass is 337 g/mol. The largest absolute Gasteiger partial charge is 0.369 e. The summed E-state index contributed by atoms with van der Waals surface area (Å²) in [5.74, 6) is -1.71. The van der Waals surface area contributed by atoms with Gasteiger partial charge in [-0.05, 0) is 24.3 Å². The van der Waals surface area contributed by atoms with Gasteiger partial charge in [-0.1, -0.05) is 11.6 Å². The molecule has 118 valence electrons. The normalized spacial score (nSPS) is 11.0. The van der Waals surface area contributed by atoms with Crippen molar-refractivity contribution in [2.75, 3.05) is 10.8 Å². The lowest BCUT2D eigenvalue weighted by Crippen LogP contribution is -2.27. The van der Waals surface area contributed by atoms with Crippen molar-refractivity contribution >= 4 is 40.1 Å². The van der Waals surface area contributed by atoms with Crippen LogP contribution in [0.25, 0.3) is 11.0 Å². The molecular formula is C14H10ClF2N5O. The first-order valence-corrected chi connectivity index (χ1v) is 6.72. The van der Waals surface area contributed by atoms with E-state index in [0.29, 0.717) is 10.6 Å². The molecular weight excluding hydrogens is 328 g/mol. The van der Waals surface area contributed by atoms with E-state index in [9.17, 15) is 14.0 Å². The van der Waals surface area contributed by atoms with E-state index in [4.69, 9.17) is 22.7 Å². The molecule has 0 atom stereocenters. The van der Waals surface area contributed by atoms with Crippen LogP contribution >= 0.6 is 11.6 Å². The molecule has 0 saturated carbocycles. The van der Waals surface area contributed by atoms with E-state index in [1.54, 1.807) is 0 Å². The van der Waals surface area contributed by atoms with Crippen LogP contribution in [0.4, 0.5) is 20.4 Å². The van der Waals surface area contributed by atoms with Crippen LogP contribution in [0.1, 0.15) is 5.56 Å². The van der Waals surface area contributed by atoms with Crippen LogP contribution in [0.3, 0.4) is 0 Å². The molecule has 2 aromatic carbocycles. The zero-order chi connectivity index (χ0) is 16.7. The molecule has 0 aliphatic heterocycles. The molecule has 0 saturated heterocycles. The minimum atomic E-state index is -0.662. The van der Waals surface area contributed by atoms with Crippen LogP contribution in [0, 0.1) is 17.0 Å². The molecule has 23 heavy (non-hydrogen) atoms. The summed E-state index contributed by atoms with van der Waals surface area (Å²) in [4.78, 5) is 6.59. The third-order valence-corrected chi connectivity index (χ3v) is 3.48. The van der Waals surface area contributed by atoms with Gasteiger partial charge in [0.05, 0.1) is 21.7 Å². The second-order valence-electron chi connectivity index (χ2n) is 4.73. The fraction of sp³-hybridized carbons (Fsp3) is 0. The number of imidazole rings is 1. The van der Waals surface area contributed by atoms with Gasteiger partial charge in [-0.2, -0.15) is 0 Å². The molecule has 0 aliphatic rings. The number of nitrogens with zero attached hydrogens (tertiary/aromatic N) is 2. The summed E-state index contributed by atoms with van der Waals surface area (Å²) < 4.78 is 26.9. The van der Waals surface area contributed by atoms with Crippen LogP contribution in [-0.4, -0.2) is 21.0 Å². The van der Waals surface area contributed by atoms with Crippen LogP contribution in [-0.2, 0) is 0 Å². The molecule has 0 spiro atoms. The minimum absolute atomic E-state index is 0.0344. The van der Waals surface area contributed by atoms with Gasteiger partial charge < -0.3 is 10.7 Å². The second kappa shape index (κ2) is 5.49. The Morgan fingerprint density at radius 3 is 2.74 bits per heavy atom. The van der Waals surface area contributed by atoms with Crippen LogP contribution in [0.2, 0.25) is 5.02 Å². The van der Waals surface area contributed by atoms with Gasteiger partial charge in [-0.25, -0.2) is 18.8 Å². The predicted octanol–water partition coefficient (Wildman–Crippen LogP) is 3.30. The number of fused-ring (bicyclic) bond motifs is 1. The summed E-state index contributed by atoms with van der Waals surface area (Å²) in [6.07, 6.45) is 0. The van der Waals surface area contributed by atoms with Crippen molar-refractivity contribution in [3.8, 4) is 0 Å². The Morgan fingerprint density at radius 1 is 1.30 bits per heavy atom. The summed E-state index contributed by atoms with van der Waals surface area (Å²) in [6.45, 7) is 0. The summed E-state index contributed by atoms with van der Waals surface area (Å²) in [6, 6.07) is 5.62. The number of nitrogen functional groups attached to an aromatic ring is 1. The number of aromatic amines is 1. The first-order valence-electron chi connectivity index (χ1n) is 6.34. The Morgan fingerprint density at radius 2 is 2.04 bits per heavy atom. The van der Waals surface area contributed by atoms with E-state index in [-0.39, 0.29) is 27.7 Å². The van der Waals surface area contributed by atoms with Gasteiger partial charge in [0.1, 0.15) is 11.6 Å². The average molecular weight is 338 g/mol. The zero-order valence-electron chi connectivity index (χ0n) is 11.4. The maximum Gasteiger partial charge on any atom is 0.198 e. The quantitative estimate of drug-likeness (QED) is 0.327. The lowest BCUT2D eigenvalue weighted by molar-refractivity contribution is 0.312. The number of hydroxylamine groups is 1. The molecule has 6 nitrogen and oxygen atoms in total. The lowest BCUT2D eigenvalue weighted by Gasteiger charge is -2.18. The Labute approximate surface area is 133 Å². The van der Waals surface area contributed by atoms with Crippen molar-refractivity contribution in [1.29, 1.82) is 5.41 Å². The summed E-state index contributed by atoms with van der Waals surface area (Å²) in [5.41, 5.74) is 6.13. The van der Waals surface area contributed by atoms with Crippen molar-refractivity contribution in [3.63, 3.8) is 0 Å². The number of anilines is 2. The molecule has 0 radical (unpaired) electrons. The number of halogens is 3. The van der Waals surface area contributed by atoms with Gasteiger partial charge in [-0.3, -0.25) is 10.6 Å². The fourth-order valence-electron chi connectivity index (χ4n) is 2.14. The third kappa shape index (κ3) is 2.69. The molecule has 0 amide bonds. The Bertz CT molecular complexity index is 927. The predicted molar refractivity (Wildman–Crippen MR) is 83.0 cm³/mol. The van der Waals surface area contributed by atoms with E-state index in [1.807, 2.05) is 0 Å². The maximum atomic E-state index is 13.7. The van der Waals surface area contributed by atoms with Gasteiger partial charge in [0, 0.05) is 11.6 Å². The molecule has 1 heterocycles. The number of rotatable bonds is 2. The first-order chi connectivity index (χ1) is 10.9. The number of H-pyrrole nitrogens is 1. The van der Waals surface area contributed by atoms with E-state index in [2.05, 4.69) is 9.97 Å². The number of nitrogens with one attached hydrogen (secondary N) is 2. The van der Waals surface area contributed by atoms with E-state index in [1.165, 1.54) is 6.07 Å². The summed E-state index contributed by atoms with van der Waals surface area (Å²) in [7, 11) is 0. The SMILES string of the molecule is N=C(c1cc(F)cc2nc(N)[nH]c12)N(O)c1ccc(F)c(Cl)c1. The number of benzene rings is 2. The highest BCUT2D eigenvalue weighted by Gasteiger charge is 2.19. The third-order valence-electron chi connectivity index (χ3n) is 3.19. The Hall–Kier alpha value is -2.71.